The van der Waals surface area contributed by atoms with Crippen LogP contribution in [-0.2, 0) is 12.3 Å². The maximum absolute atomic E-state index is 6.30. The second-order valence-electron chi connectivity index (χ2n) is 6.00. The maximum atomic E-state index is 6.30. The third-order valence-electron chi connectivity index (χ3n) is 4.09. The number of benzene rings is 2. The van der Waals surface area contributed by atoms with E-state index >= 15 is 0 Å². The van der Waals surface area contributed by atoms with Gasteiger partial charge in [-0.3, -0.25) is 4.57 Å². The van der Waals surface area contributed by atoms with Gasteiger partial charge < -0.3 is 4.42 Å². The number of furan rings is 1. The lowest BCUT2D eigenvalue weighted by Gasteiger charge is -2.09. The van der Waals surface area contributed by atoms with Crippen molar-refractivity contribution in [1.29, 1.82) is 0 Å². The van der Waals surface area contributed by atoms with Crippen LogP contribution in [0.3, 0.4) is 0 Å². The summed E-state index contributed by atoms with van der Waals surface area (Å²) in [6.45, 7) is 0.522. The van der Waals surface area contributed by atoms with Gasteiger partial charge in [0.2, 0.25) is 0 Å². The van der Waals surface area contributed by atoms with E-state index < -0.39 is 0 Å². The average molecular weight is 451 g/mol. The van der Waals surface area contributed by atoms with Crippen molar-refractivity contribution in [2.24, 2.45) is 0 Å². The monoisotopic (exact) mass is 449 g/mol. The van der Waals surface area contributed by atoms with Gasteiger partial charge in [-0.1, -0.05) is 52.6 Å². The summed E-state index contributed by atoms with van der Waals surface area (Å²) in [5, 5.41) is 11.5. The summed E-state index contributed by atoms with van der Waals surface area (Å²) in [6.07, 6.45) is 1.65. The van der Waals surface area contributed by atoms with Crippen molar-refractivity contribution < 1.29 is 4.42 Å². The number of thioether (sulfide) groups is 1. The molecule has 0 spiro atoms. The molecule has 0 aliphatic carbocycles. The van der Waals surface area contributed by atoms with Gasteiger partial charge in [-0.05, 0) is 54.1 Å². The summed E-state index contributed by atoms with van der Waals surface area (Å²) >= 11 is 19.9. The van der Waals surface area contributed by atoms with Crippen LogP contribution in [0.4, 0.5) is 0 Å². The molecule has 142 valence electrons. The van der Waals surface area contributed by atoms with Crippen LogP contribution in [0.25, 0.3) is 11.4 Å². The minimum atomic E-state index is 0.522. The molecule has 28 heavy (non-hydrogen) atoms. The highest BCUT2D eigenvalue weighted by atomic mass is 35.5. The Labute approximate surface area is 181 Å². The third-order valence-corrected chi connectivity index (χ3v) is 5.94. The molecule has 0 saturated carbocycles. The van der Waals surface area contributed by atoms with Gasteiger partial charge in [-0.2, -0.15) is 0 Å². The van der Waals surface area contributed by atoms with E-state index in [4.69, 9.17) is 39.2 Å². The Morgan fingerprint density at radius 3 is 2.43 bits per heavy atom. The van der Waals surface area contributed by atoms with Crippen LogP contribution in [0.15, 0.2) is 70.4 Å². The Hall–Kier alpha value is -1.92. The zero-order chi connectivity index (χ0) is 19.5. The minimum absolute atomic E-state index is 0.522. The minimum Gasteiger partial charge on any atom is -0.467 e. The van der Waals surface area contributed by atoms with Gasteiger partial charge in [0.25, 0.3) is 0 Å². The molecule has 0 amide bonds. The molecule has 0 N–H and O–H groups in total. The SMILES string of the molecule is Clc1ccc(-c2nnc(SCc3ccc(Cl)cc3Cl)n2Cc2ccco2)cc1. The van der Waals surface area contributed by atoms with Gasteiger partial charge in [0.1, 0.15) is 5.76 Å². The fourth-order valence-electron chi connectivity index (χ4n) is 2.69. The second-order valence-corrected chi connectivity index (χ2v) is 8.23. The number of hydrogen-bond donors (Lipinski definition) is 0. The molecule has 4 nitrogen and oxygen atoms in total. The summed E-state index contributed by atoms with van der Waals surface area (Å²) in [6, 6.07) is 16.8. The molecule has 4 rings (SSSR count). The van der Waals surface area contributed by atoms with E-state index in [2.05, 4.69) is 10.2 Å². The van der Waals surface area contributed by atoms with Crippen molar-refractivity contribution in [1.82, 2.24) is 14.8 Å². The molecule has 8 heteroatoms. The van der Waals surface area contributed by atoms with Crippen LogP contribution < -0.4 is 0 Å². The normalized spacial score (nSPS) is 11.1. The van der Waals surface area contributed by atoms with Crippen LogP contribution >= 0.6 is 46.6 Å². The predicted molar refractivity (Wildman–Crippen MR) is 114 cm³/mol. The molecule has 0 saturated heterocycles. The first-order chi connectivity index (χ1) is 13.6. The highest BCUT2D eigenvalue weighted by molar-refractivity contribution is 7.98. The van der Waals surface area contributed by atoms with E-state index in [1.165, 1.54) is 0 Å². The molecular formula is C20H14Cl3N3OS. The first kappa shape index (κ1) is 19.4. The molecule has 2 aromatic heterocycles. The van der Waals surface area contributed by atoms with Gasteiger partial charge in [0, 0.05) is 26.4 Å². The van der Waals surface area contributed by atoms with Crippen molar-refractivity contribution in [3.63, 3.8) is 0 Å². The van der Waals surface area contributed by atoms with Crippen molar-refractivity contribution in [2.45, 2.75) is 17.5 Å². The standard InChI is InChI=1S/C20H14Cl3N3OS/c21-15-6-3-13(4-7-15)19-24-25-20(26(19)11-17-2-1-9-27-17)28-12-14-5-8-16(22)10-18(14)23/h1-10H,11-12H2. The van der Waals surface area contributed by atoms with Crippen LogP contribution in [0.1, 0.15) is 11.3 Å². The quantitative estimate of drug-likeness (QED) is 0.302. The lowest BCUT2D eigenvalue weighted by molar-refractivity contribution is 0.485. The first-order valence-electron chi connectivity index (χ1n) is 8.38. The lowest BCUT2D eigenvalue weighted by Crippen LogP contribution is -2.03. The van der Waals surface area contributed by atoms with E-state index in [1.54, 1.807) is 24.1 Å². The maximum Gasteiger partial charge on any atom is 0.192 e. The molecule has 0 fully saturated rings. The number of aromatic nitrogens is 3. The molecule has 2 aromatic carbocycles. The van der Waals surface area contributed by atoms with E-state index in [0.29, 0.717) is 27.4 Å². The van der Waals surface area contributed by atoms with E-state index in [0.717, 1.165) is 27.9 Å². The van der Waals surface area contributed by atoms with Crippen molar-refractivity contribution in [3.8, 4) is 11.4 Å². The number of nitrogens with zero attached hydrogens (tertiary/aromatic N) is 3. The molecule has 2 heterocycles. The van der Waals surface area contributed by atoms with Crippen molar-refractivity contribution in [2.75, 3.05) is 0 Å². The highest BCUT2D eigenvalue weighted by Gasteiger charge is 2.16. The molecular weight excluding hydrogens is 437 g/mol. The smallest absolute Gasteiger partial charge is 0.192 e. The van der Waals surface area contributed by atoms with Crippen LogP contribution in [0.2, 0.25) is 15.1 Å². The van der Waals surface area contributed by atoms with E-state index in [-0.39, 0.29) is 0 Å². The van der Waals surface area contributed by atoms with Gasteiger partial charge in [-0.15, -0.1) is 10.2 Å². The second kappa shape index (κ2) is 8.62. The number of hydrogen-bond acceptors (Lipinski definition) is 4. The Morgan fingerprint density at radius 2 is 1.71 bits per heavy atom. The van der Waals surface area contributed by atoms with Gasteiger partial charge in [0.15, 0.2) is 11.0 Å². The zero-order valence-corrected chi connectivity index (χ0v) is 17.6. The fraction of sp³-hybridized carbons (Fsp3) is 0.100. The Balaban J connectivity index is 1.65. The first-order valence-corrected chi connectivity index (χ1v) is 10.5. The van der Waals surface area contributed by atoms with Crippen molar-refractivity contribution >= 4 is 46.6 Å². The van der Waals surface area contributed by atoms with Crippen LogP contribution in [0, 0.1) is 0 Å². The molecule has 0 atom stereocenters. The van der Waals surface area contributed by atoms with E-state index in [9.17, 15) is 0 Å². The zero-order valence-electron chi connectivity index (χ0n) is 14.5. The Bertz CT molecular complexity index is 1080. The average Bonchev–Trinajstić information content (AvgIpc) is 3.33. The number of halogens is 3. The number of rotatable bonds is 6. The molecule has 0 radical (unpaired) electrons. The lowest BCUT2D eigenvalue weighted by atomic mass is 10.2. The van der Waals surface area contributed by atoms with E-state index in [1.807, 2.05) is 53.1 Å². The highest BCUT2D eigenvalue weighted by Crippen LogP contribution is 2.31. The molecule has 0 unspecified atom stereocenters. The molecule has 4 aromatic rings. The Morgan fingerprint density at radius 1 is 0.929 bits per heavy atom. The van der Waals surface area contributed by atoms with Gasteiger partial charge in [0.05, 0.1) is 12.8 Å². The Kier molecular flexibility index (Phi) is 5.97. The van der Waals surface area contributed by atoms with Gasteiger partial charge >= 0.3 is 0 Å². The van der Waals surface area contributed by atoms with Gasteiger partial charge in [-0.25, -0.2) is 0 Å². The fourth-order valence-corrected chi connectivity index (χ4v) is 4.31. The predicted octanol–water partition coefficient (Wildman–Crippen LogP) is 6.84. The molecule has 0 aliphatic heterocycles. The molecule has 0 aliphatic rings. The summed E-state index contributed by atoms with van der Waals surface area (Å²) in [5.41, 5.74) is 1.91. The summed E-state index contributed by atoms with van der Waals surface area (Å²) in [4.78, 5) is 0. The van der Waals surface area contributed by atoms with Crippen LogP contribution in [0.5, 0.6) is 0 Å². The topological polar surface area (TPSA) is 43.9 Å². The summed E-state index contributed by atoms with van der Waals surface area (Å²) < 4.78 is 7.55. The molecule has 0 bridgehead atoms. The summed E-state index contributed by atoms with van der Waals surface area (Å²) in [5.74, 6) is 2.21. The third kappa shape index (κ3) is 4.39. The van der Waals surface area contributed by atoms with Crippen molar-refractivity contribution in [3.05, 3.63) is 87.3 Å². The largest absolute Gasteiger partial charge is 0.467 e. The van der Waals surface area contributed by atoms with Crippen LogP contribution in [-0.4, -0.2) is 14.8 Å². The summed E-state index contributed by atoms with van der Waals surface area (Å²) in [7, 11) is 0.